The number of aromatic amines is 4. The van der Waals surface area contributed by atoms with Crippen molar-refractivity contribution in [2.75, 3.05) is 10.6 Å². The van der Waals surface area contributed by atoms with Gasteiger partial charge in [0.1, 0.15) is 17.5 Å². The third-order valence-electron chi connectivity index (χ3n) is 7.20. The van der Waals surface area contributed by atoms with Crippen molar-refractivity contribution in [2.45, 2.75) is 20.0 Å². The van der Waals surface area contributed by atoms with E-state index < -0.39 is 0 Å². The highest BCUT2D eigenvalue weighted by Gasteiger charge is 2.08. The van der Waals surface area contributed by atoms with Gasteiger partial charge in [-0.15, -0.1) is 0 Å². The van der Waals surface area contributed by atoms with Crippen molar-refractivity contribution < 1.29 is 0 Å². The number of pyridine rings is 2. The lowest BCUT2D eigenvalue weighted by Crippen LogP contribution is -1.99. The molecule has 0 aliphatic carbocycles. The standard InChI is InChI=1S/C17H15BrN6.C16H13BrN6/c1-10-19-8-14(22-10)9-20-13-4-2-11(3-5-13)16-23-15-6-12(18)7-21-17(15)24-16;17-11-5-14-16(20-6-11)23-15(22-14)10-1-3-12(4-2-10)19-8-13-7-18-9-21-13/h2-8,20H,9H2,1H3,(H,19,22)(H,21,23,24);1-7,9,19H,8H2,(H,18,21)(H,20,22,23). The lowest BCUT2D eigenvalue weighted by Gasteiger charge is -2.05. The van der Waals surface area contributed by atoms with E-state index in [4.69, 9.17) is 0 Å². The number of H-pyrrole nitrogens is 4. The zero-order chi connectivity index (χ0) is 32.2. The van der Waals surface area contributed by atoms with Crippen molar-refractivity contribution in [3.63, 3.8) is 0 Å². The first-order valence-corrected chi connectivity index (χ1v) is 16.2. The zero-order valence-corrected chi connectivity index (χ0v) is 28.2. The van der Waals surface area contributed by atoms with Gasteiger partial charge in [-0.1, -0.05) is 0 Å². The molecule has 0 radical (unpaired) electrons. The van der Waals surface area contributed by atoms with E-state index in [1.165, 1.54) is 0 Å². The molecule has 2 aromatic carbocycles. The number of hydrogen-bond donors (Lipinski definition) is 6. The maximum atomic E-state index is 4.53. The predicted molar refractivity (Wildman–Crippen MR) is 191 cm³/mol. The summed E-state index contributed by atoms with van der Waals surface area (Å²) in [6.45, 7) is 3.36. The Morgan fingerprint density at radius 3 is 1.62 bits per heavy atom. The largest absolute Gasteiger partial charge is 0.379 e. The van der Waals surface area contributed by atoms with Gasteiger partial charge in [0.05, 0.1) is 48.0 Å². The van der Waals surface area contributed by atoms with Crippen LogP contribution in [0.2, 0.25) is 0 Å². The molecule has 8 aromatic rings. The minimum atomic E-state index is 0.710. The van der Waals surface area contributed by atoms with Crippen LogP contribution in [0.4, 0.5) is 11.4 Å². The summed E-state index contributed by atoms with van der Waals surface area (Å²) in [5.74, 6) is 2.55. The number of nitrogens with zero attached hydrogens (tertiary/aromatic N) is 6. The van der Waals surface area contributed by atoms with Crippen molar-refractivity contribution in [1.29, 1.82) is 0 Å². The number of hydrogen-bond acceptors (Lipinski definition) is 8. The molecule has 0 bridgehead atoms. The molecule has 47 heavy (non-hydrogen) atoms. The Morgan fingerprint density at radius 1 is 0.617 bits per heavy atom. The maximum Gasteiger partial charge on any atom is 0.178 e. The quantitative estimate of drug-likeness (QED) is 0.0918. The second-order valence-corrected chi connectivity index (χ2v) is 12.5. The molecule has 6 N–H and O–H groups in total. The highest BCUT2D eigenvalue weighted by molar-refractivity contribution is 9.10. The van der Waals surface area contributed by atoms with E-state index in [0.29, 0.717) is 24.4 Å². The van der Waals surface area contributed by atoms with Crippen molar-refractivity contribution >= 4 is 65.6 Å². The first-order valence-electron chi connectivity index (χ1n) is 14.6. The number of anilines is 2. The molecule has 0 aliphatic heterocycles. The fourth-order valence-corrected chi connectivity index (χ4v) is 5.51. The first kappa shape index (κ1) is 30.3. The average Bonchev–Trinajstić information content (AvgIpc) is 3.91. The van der Waals surface area contributed by atoms with Crippen LogP contribution in [0.1, 0.15) is 17.2 Å². The fourth-order valence-electron chi connectivity index (χ4n) is 4.85. The first-order chi connectivity index (χ1) is 22.9. The van der Waals surface area contributed by atoms with Crippen LogP contribution in [0.15, 0.2) is 101 Å². The van der Waals surface area contributed by atoms with E-state index in [1.54, 1.807) is 24.9 Å². The number of nitrogens with one attached hydrogen (secondary N) is 6. The molecular formula is C33H28Br2N12. The lowest BCUT2D eigenvalue weighted by molar-refractivity contribution is 1.05. The van der Waals surface area contributed by atoms with Gasteiger partial charge < -0.3 is 30.6 Å². The summed E-state index contributed by atoms with van der Waals surface area (Å²) in [6.07, 6.45) is 8.82. The molecule has 0 saturated heterocycles. The van der Waals surface area contributed by atoms with Crippen LogP contribution in [0.5, 0.6) is 0 Å². The Morgan fingerprint density at radius 2 is 1.15 bits per heavy atom. The molecular weight excluding hydrogens is 724 g/mol. The summed E-state index contributed by atoms with van der Waals surface area (Å²) in [5.41, 5.74) is 9.48. The number of aromatic nitrogens is 10. The van der Waals surface area contributed by atoms with Crippen LogP contribution in [0.25, 0.3) is 45.1 Å². The van der Waals surface area contributed by atoms with Crippen LogP contribution in [-0.4, -0.2) is 49.8 Å². The molecule has 6 heterocycles. The van der Waals surface area contributed by atoms with Crippen LogP contribution >= 0.6 is 31.9 Å². The number of benzene rings is 2. The minimum absolute atomic E-state index is 0.710. The predicted octanol–water partition coefficient (Wildman–Crippen LogP) is 7.75. The summed E-state index contributed by atoms with van der Waals surface area (Å²) in [5, 5.41) is 6.71. The van der Waals surface area contributed by atoms with Crippen molar-refractivity contribution in [1.82, 2.24) is 49.8 Å². The molecule has 234 valence electrons. The second kappa shape index (κ2) is 13.6. The highest BCUT2D eigenvalue weighted by atomic mass is 79.9. The number of fused-ring (bicyclic) bond motifs is 2. The number of rotatable bonds is 8. The molecule has 0 atom stereocenters. The second-order valence-electron chi connectivity index (χ2n) is 10.7. The minimum Gasteiger partial charge on any atom is -0.379 e. The normalized spacial score (nSPS) is 11.0. The van der Waals surface area contributed by atoms with Crippen LogP contribution in [0.3, 0.4) is 0 Å². The average molecular weight is 752 g/mol. The van der Waals surface area contributed by atoms with Crippen LogP contribution in [0, 0.1) is 6.92 Å². The fraction of sp³-hybridized carbons (Fsp3) is 0.0909. The van der Waals surface area contributed by atoms with E-state index in [1.807, 2.05) is 73.8 Å². The lowest BCUT2D eigenvalue weighted by atomic mass is 10.2. The summed E-state index contributed by atoms with van der Waals surface area (Å²) < 4.78 is 1.86. The molecule has 14 heteroatoms. The number of aryl methyl sites for hydroxylation is 1. The van der Waals surface area contributed by atoms with Gasteiger partial charge in [-0.05, 0) is 99.4 Å². The van der Waals surface area contributed by atoms with E-state index in [-0.39, 0.29) is 0 Å². The Kier molecular flexibility index (Phi) is 8.75. The van der Waals surface area contributed by atoms with Gasteiger partial charge in [0, 0.05) is 50.0 Å². The van der Waals surface area contributed by atoms with Crippen molar-refractivity contribution in [3.8, 4) is 22.8 Å². The van der Waals surface area contributed by atoms with Crippen molar-refractivity contribution in [2.24, 2.45) is 0 Å². The summed E-state index contributed by atoms with van der Waals surface area (Å²) >= 11 is 6.84. The summed E-state index contributed by atoms with van der Waals surface area (Å²) in [4.78, 5) is 38.7. The van der Waals surface area contributed by atoms with Crippen LogP contribution < -0.4 is 10.6 Å². The van der Waals surface area contributed by atoms with Gasteiger partial charge >= 0.3 is 0 Å². The smallest absolute Gasteiger partial charge is 0.178 e. The number of imidazole rings is 4. The van der Waals surface area contributed by atoms with Gasteiger partial charge in [-0.3, -0.25) is 0 Å². The van der Waals surface area contributed by atoms with E-state index in [9.17, 15) is 0 Å². The van der Waals surface area contributed by atoms with Gasteiger partial charge in [0.25, 0.3) is 0 Å². The Hall–Kier alpha value is -5.34. The molecule has 0 aliphatic rings. The van der Waals surface area contributed by atoms with Crippen LogP contribution in [-0.2, 0) is 13.1 Å². The van der Waals surface area contributed by atoms with E-state index >= 15 is 0 Å². The topological polar surface area (TPSA) is 165 Å². The summed E-state index contributed by atoms with van der Waals surface area (Å²) in [7, 11) is 0. The van der Waals surface area contributed by atoms with Gasteiger partial charge in [-0.25, -0.2) is 29.9 Å². The summed E-state index contributed by atoms with van der Waals surface area (Å²) in [6, 6.07) is 20.2. The number of halogens is 2. The molecule has 0 saturated carbocycles. The highest BCUT2D eigenvalue weighted by Crippen LogP contribution is 2.24. The molecule has 0 amide bonds. The monoisotopic (exact) mass is 750 g/mol. The van der Waals surface area contributed by atoms with Gasteiger partial charge in [-0.2, -0.15) is 0 Å². The molecule has 0 spiro atoms. The van der Waals surface area contributed by atoms with Gasteiger partial charge in [0.2, 0.25) is 0 Å². The molecule has 6 aromatic heterocycles. The third kappa shape index (κ3) is 7.39. The van der Waals surface area contributed by atoms with E-state index in [0.717, 1.165) is 71.3 Å². The molecule has 12 nitrogen and oxygen atoms in total. The SMILES string of the molecule is Brc1cnc2nc(-c3ccc(NCc4cnc[nH]4)cc3)[nH]c2c1.Cc1ncc(CNc2ccc(-c3nc4ncc(Br)cc4[nH]3)cc2)[nH]1. The molecule has 0 fully saturated rings. The molecule has 0 unspecified atom stereocenters. The van der Waals surface area contributed by atoms with Gasteiger partial charge in [0.15, 0.2) is 11.3 Å². The Labute approximate surface area is 285 Å². The Balaban J connectivity index is 0.000000150. The third-order valence-corrected chi connectivity index (χ3v) is 8.07. The van der Waals surface area contributed by atoms with Crippen molar-refractivity contribution in [3.05, 3.63) is 118 Å². The Bertz CT molecular complexity index is 2230. The maximum absolute atomic E-state index is 4.53. The molecule has 8 rings (SSSR count). The van der Waals surface area contributed by atoms with E-state index in [2.05, 4.69) is 92.3 Å². The zero-order valence-electron chi connectivity index (χ0n) is 25.0.